The Labute approximate surface area is 111 Å². The maximum Gasteiger partial charge on any atom is 0.0897 e. The summed E-state index contributed by atoms with van der Waals surface area (Å²) in [5.41, 5.74) is 0.141. The lowest BCUT2D eigenvalue weighted by molar-refractivity contribution is -0.0115. The molecule has 0 aromatic heterocycles. The van der Waals surface area contributed by atoms with Gasteiger partial charge in [-0.2, -0.15) is 0 Å². The fourth-order valence-corrected chi connectivity index (χ4v) is 1.95. The third-order valence-electron chi connectivity index (χ3n) is 3.38. The van der Waals surface area contributed by atoms with Gasteiger partial charge in [-0.25, -0.2) is 0 Å². The Morgan fingerprint density at radius 2 is 1.94 bits per heavy atom. The van der Waals surface area contributed by atoms with Crippen LogP contribution in [0.1, 0.15) is 40.5 Å². The van der Waals surface area contributed by atoms with E-state index in [1.165, 1.54) is 12.8 Å². The largest absolute Gasteiger partial charge is 0.389 e. The molecule has 0 aromatic rings. The molecule has 0 spiro atoms. The summed E-state index contributed by atoms with van der Waals surface area (Å²) in [5, 5.41) is 13.2. The molecule has 0 bridgehead atoms. The zero-order valence-corrected chi connectivity index (χ0v) is 12.2. The second-order valence-corrected chi connectivity index (χ2v) is 6.03. The summed E-state index contributed by atoms with van der Waals surface area (Å²) in [6, 6.07) is 0. The molecule has 4 heteroatoms. The standard InChI is InChI=1S/C14H29NO3/c1-11(2)18-8-7-17-10-13(16)9-15-14(3,4)12-5-6-12/h11-13,15-16H,5-10H2,1-4H3. The van der Waals surface area contributed by atoms with Crippen LogP contribution in [0, 0.1) is 5.92 Å². The van der Waals surface area contributed by atoms with Crippen LogP contribution in [0.4, 0.5) is 0 Å². The number of aliphatic hydroxyl groups excluding tert-OH is 1. The minimum atomic E-state index is -0.443. The van der Waals surface area contributed by atoms with Gasteiger partial charge in [-0.1, -0.05) is 0 Å². The Bertz CT molecular complexity index is 227. The fraction of sp³-hybridized carbons (Fsp3) is 1.00. The first-order valence-corrected chi connectivity index (χ1v) is 7.04. The highest BCUT2D eigenvalue weighted by Crippen LogP contribution is 2.39. The number of rotatable bonds is 10. The lowest BCUT2D eigenvalue weighted by atomic mass is 9.98. The highest BCUT2D eigenvalue weighted by molar-refractivity contribution is 4.94. The molecule has 1 fully saturated rings. The molecule has 1 aliphatic carbocycles. The van der Waals surface area contributed by atoms with Gasteiger partial charge in [0.25, 0.3) is 0 Å². The van der Waals surface area contributed by atoms with Crippen LogP contribution < -0.4 is 5.32 Å². The molecule has 0 saturated heterocycles. The van der Waals surface area contributed by atoms with Crippen molar-refractivity contribution in [1.29, 1.82) is 0 Å². The summed E-state index contributed by atoms with van der Waals surface area (Å²) in [4.78, 5) is 0. The van der Waals surface area contributed by atoms with Crippen LogP contribution in [0.15, 0.2) is 0 Å². The van der Waals surface area contributed by atoms with Gasteiger partial charge in [0.2, 0.25) is 0 Å². The first-order valence-electron chi connectivity index (χ1n) is 7.04. The maximum absolute atomic E-state index is 9.79. The highest BCUT2D eigenvalue weighted by atomic mass is 16.5. The molecule has 0 amide bonds. The van der Waals surface area contributed by atoms with Crippen molar-refractivity contribution in [3.63, 3.8) is 0 Å². The summed E-state index contributed by atoms with van der Waals surface area (Å²) < 4.78 is 10.7. The van der Waals surface area contributed by atoms with Crippen molar-refractivity contribution < 1.29 is 14.6 Å². The Morgan fingerprint density at radius 1 is 1.28 bits per heavy atom. The first kappa shape index (κ1) is 15.9. The molecule has 1 unspecified atom stereocenters. The van der Waals surface area contributed by atoms with Gasteiger partial charge in [-0.3, -0.25) is 0 Å². The van der Waals surface area contributed by atoms with Gasteiger partial charge in [0, 0.05) is 12.1 Å². The molecule has 108 valence electrons. The highest BCUT2D eigenvalue weighted by Gasteiger charge is 2.37. The molecule has 0 heterocycles. The third-order valence-corrected chi connectivity index (χ3v) is 3.38. The quantitative estimate of drug-likeness (QED) is 0.585. The van der Waals surface area contributed by atoms with E-state index in [0.717, 1.165) is 5.92 Å². The Hall–Kier alpha value is -0.160. The van der Waals surface area contributed by atoms with Gasteiger partial charge in [0.05, 0.1) is 32.0 Å². The second-order valence-electron chi connectivity index (χ2n) is 6.03. The van der Waals surface area contributed by atoms with Crippen molar-refractivity contribution in [3.05, 3.63) is 0 Å². The average Bonchev–Trinajstić information content (AvgIpc) is 3.09. The summed E-state index contributed by atoms with van der Waals surface area (Å²) in [5.74, 6) is 0.769. The smallest absolute Gasteiger partial charge is 0.0897 e. The van der Waals surface area contributed by atoms with Crippen molar-refractivity contribution in [2.75, 3.05) is 26.4 Å². The molecule has 0 aromatic carbocycles. The van der Waals surface area contributed by atoms with Crippen molar-refractivity contribution in [2.24, 2.45) is 5.92 Å². The average molecular weight is 259 g/mol. The van der Waals surface area contributed by atoms with E-state index in [0.29, 0.717) is 26.4 Å². The molecular formula is C14H29NO3. The van der Waals surface area contributed by atoms with E-state index in [4.69, 9.17) is 9.47 Å². The Morgan fingerprint density at radius 3 is 2.50 bits per heavy atom. The minimum absolute atomic E-state index is 0.141. The van der Waals surface area contributed by atoms with Crippen LogP contribution >= 0.6 is 0 Å². The van der Waals surface area contributed by atoms with E-state index in [-0.39, 0.29) is 11.6 Å². The minimum Gasteiger partial charge on any atom is -0.389 e. The monoisotopic (exact) mass is 259 g/mol. The number of β-amino-alcohol motifs (C(OH)–C–C–N with tert-alkyl or cyclic N) is 1. The van der Waals surface area contributed by atoms with Crippen LogP contribution in [0.25, 0.3) is 0 Å². The van der Waals surface area contributed by atoms with Gasteiger partial charge in [0.1, 0.15) is 0 Å². The van der Waals surface area contributed by atoms with Crippen molar-refractivity contribution in [3.8, 4) is 0 Å². The van der Waals surface area contributed by atoms with Gasteiger partial charge in [-0.05, 0) is 46.5 Å². The molecule has 1 atom stereocenters. The topological polar surface area (TPSA) is 50.7 Å². The normalized spacial score (nSPS) is 18.3. The molecule has 1 rings (SSSR count). The van der Waals surface area contributed by atoms with E-state index in [9.17, 15) is 5.11 Å². The first-order chi connectivity index (χ1) is 8.42. The lowest BCUT2D eigenvalue weighted by Gasteiger charge is -2.27. The van der Waals surface area contributed by atoms with E-state index in [2.05, 4.69) is 19.2 Å². The predicted molar refractivity (Wildman–Crippen MR) is 72.7 cm³/mol. The molecule has 1 saturated carbocycles. The van der Waals surface area contributed by atoms with Crippen LogP contribution in [0.3, 0.4) is 0 Å². The molecule has 18 heavy (non-hydrogen) atoms. The molecule has 4 nitrogen and oxygen atoms in total. The number of hydrogen-bond acceptors (Lipinski definition) is 4. The maximum atomic E-state index is 9.79. The number of nitrogens with one attached hydrogen (secondary N) is 1. The van der Waals surface area contributed by atoms with Gasteiger partial charge < -0.3 is 19.9 Å². The van der Waals surface area contributed by atoms with Crippen LogP contribution in [0.5, 0.6) is 0 Å². The molecule has 2 N–H and O–H groups in total. The Balaban J connectivity index is 1.98. The number of hydrogen-bond donors (Lipinski definition) is 2. The summed E-state index contributed by atoms with van der Waals surface area (Å²) >= 11 is 0. The summed E-state index contributed by atoms with van der Waals surface area (Å²) in [7, 11) is 0. The van der Waals surface area contributed by atoms with E-state index in [1.807, 2.05) is 13.8 Å². The van der Waals surface area contributed by atoms with Crippen molar-refractivity contribution >= 4 is 0 Å². The molecule has 0 aliphatic heterocycles. The predicted octanol–water partition coefficient (Wildman–Crippen LogP) is 1.57. The van der Waals surface area contributed by atoms with E-state index >= 15 is 0 Å². The van der Waals surface area contributed by atoms with Gasteiger partial charge >= 0.3 is 0 Å². The Kier molecular flexibility index (Phi) is 6.57. The van der Waals surface area contributed by atoms with Crippen molar-refractivity contribution in [2.45, 2.75) is 58.3 Å². The number of ether oxygens (including phenoxy) is 2. The van der Waals surface area contributed by atoms with E-state index < -0.39 is 6.10 Å². The second kappa shape index (κ2) is 7.43. The summed E-state index contributed by atoms with van der Waals surface area (Å²) in [6.45, 7) is 10.5. The lowest BCUT2D eigenvalue weighted by Crippen LogP contribution is -2.46. The van der Waals surface area contributed by atoms with E-state index in [1.54, 1.807) is 0 Å². The summed E-state index contributed by atoms with van der Waals surface area (Å²) in [6.07, 6.45) is 2.40. The third kappa shape index (κ3) is 6.69. The van der Waals surface area contributed by atoms with Gasteiger partial charge in [0.15, 0.2) is 0 Å². The molecular weight excluding hydrogens is 230 g/mol. The van der Waals surface area contributed by atoms with Crippen LogP contribution in [-0.2, 0) is 9.47 Å². The van der Waals surface area contributed by atoms with Crippen molar-refractivity contribution in [1.82, 2.24) is 5.32 Å². The SMILES string of the molecule is CC(C)OCCOCC(O)CNC(C)(C)C1CC1. The molecule has 1 aliphatic rings. The zero-order valence-electron chi connectivity index (χ0n) is 12.2. The fourth-order valence-electron chi connectivity index (χ4n) is 1.95. The number of aliphatic hydroxyl groups is 1. The van der Waals surface area contributed by atoms with Gasteiger partial charge in [-0.15, -0.1) is 0 Å². The van der Waals surface area contributed by atoms with Crippen LogP contribution in [-0.4, -0.2) is 49.2 Å². The molecule has 0 radical (unpaired) electrons. The zero-order chi connectivity index (χ0) is 13.6. The van der Waals surface area contributed by atoms with Crippen LogP contribution in [0.2, 0.25) is 0 Å².